The lowest BCUT2D eigenvalue weighted by molar-refractivity contribution is 0.630. The Morgan fingerprint density at radius 2 is 2.11 bits per heavy atom. The van der Waals surface area contributed by atoms with Crippen LogP contribution in [0.1, 0.15) is 0 Å². The van der Waals surface area contributed by atoms with E-state index >= 15 is 0 Å². The smallest absolute Gasteiger partial charge is 0.257 e. The number of H-pyrrole nitrogens is 1. The molecule has 5 heteroatoms. The van der Waals surface area contributed by atoms with E-state index in [0.717, 1.165) is 5.39 Å². The lowest BCUT2D eigenvalue weighted by atomic mass is 10.1. The van der Waals surface area contributed by atoms with Gasteiger partial charge in [-0.3, -0.25) is 9.20 Å². The van der Waals surface area contributed by atoms with Crippen LogP contribution >= 0.6 is 0 Å². The van der Waals surface area contributed by atoms with E-state index in [2.05, 4.69) is 9.97 Å². The molecule has 1 N–H and O–H groups in total. The first-order valence-corrected chi connectivity index (χ1v) is 5.81. The molecule has 0 unspecified atom stereocenters. The third kappa shape index (κ3) is 1.26. The molecule has 1 aromatic carbocycles. The summed E-state index contributed by atoms with van der Waals surface area (Å²) in [5, 5.41) is 1.81. The summed E-state index contributed by atoms with van der Waals surface area (Å²) in [6.07, 6.45) is 5.04. The molecular formula is C14H8FN3O. The summed E-state index contributed by atoms with van der Waals surface area (Å²) < 4.78 is 15.3. The van der Waals surface area contributed by atoms with Crippen LogP contribution in [0.15, 0.2) is 47.7 Å². The molecule has 0 aliphatic rings. The zero-order chi connectivity index (χ0) is 13.0. The van der Waals surface area contributed by atoms with Crippen LogP contribution < -0.4 is 5.56 Å². The van der Waals surface area contributed by atoms with Gasteiger partial charge < -0.3 is 4.98 Å². The minimum atomic E-state index is -0.368. The van der Waals surface area contributed by atoms with Crippen molar-refractivity contribution in [2.24, 2.45) is 0 Å². The number of hydrogen-bond acceptors (Lipinski definition) is 2. The standard InChI is InChI=1S/C14H8FN3O/c15-8-1-2-9-10(7-8)12-11(3-4-17-14(12)19)18-6-5-16-13(9)18/h1-7H,(H,17,19). The van der Waals surface area contributed by atoms with Gasteiger partial charge in [-0.1, -0.05) is 0 Å². The van der Waals surface area contributed by atoms with Crippen molar-refractivity contribution in [1.82, 2.24) is 14.4 Å². The van der Waals surface area contributed by atoms with Crippen molar-refractivity contribution in [3.63, 3.8) is 0 Å². The van der Waals surface area contributed by atoms with Crippen molar-refractivity contribution < 1.29 is 4.39 Å². The maximum absolute atomic E-state index is 13.5. The summed E-state index contributed by atoms with van der Waals surface area (Å²) in [5.74, 6) is -0.368. The van der Waals surface area contributed by atoms with Gasteiger partial charge in [-0.25, -0.2) is 9.37 Å². The highest BCUT2D eigenvalue weighted by molar-refractivity contribution is 6.11. The van der Waals surface area contributed by atoms with E-state index < -0.39 is 0 Å². The number of benzene rings is 1. The van der Waals surface area contributed by atoms with E-state index in [0.29, 0.717) is 21.9 Å². The number of nitrogens with one attached hydrogen (secondary N) is 1. The van der Waals surface area contributed by atoms with Gasteiger partial charge in [0, 0.05) is 29.4 Å². The molecule has 0 spiro atoms. The lowest BCUT2D eigenvalue weighted by Crippen LogP contribution is -2.07. The van der Waals surface area contributed by atoms with Crippen LogP contribution in [0.4, 0.5) is 4.39 Å². The number of imidazole rings is 1. The molecule has 0 aliphatic heterocycles. The molecule has 92 valence electrons. The van der Waals surface area contributed by atoms with Crippen LogP contribution in [0.2, 0.25) is 0 Å². The maximum Gasteiger partial charge on any atom is 0.257 e. The van der Waals surface area contributed by atoms with E-state index in [1.165, 1.54) is 12.1 Å². The predicted octanol–water partition coefficient (Wildman–Crippen LogP) is 2.47. The number of aromatic nitrogens is 3. The number of hydrogen-bond donors (Lipinski definition) is 1. The van der Waals surface area contributed by atoms with Crippen LogP contribution in [0.5, 0.6) is 0 Å². The molecule has 4 rings (SSSR count). The molecule has 0 fully saturated rings. The van der Waals surface area contributed by atoms with E-state index in [1.807, 2.05) is 4.40 Å². The van der Waals surface area contributed by atoms with Gasteiger partial charge in [0.1, 0.15) is 11.5 Å². The predicted molar refractivity (Wildman–Crippen MR) is 70.8 cm³/mol. The molecule has 0 saturated heterocycles. The van der Waals surface area contributed by atoms with Crippen molar-refractivity contribution in [1.29, 1.82) is 0 Å². The van der Waals surface area contributed by atoms with Crippen molar-refractivity contribution in [3.8, 4) is 0 Å². The van der Waals surface area contributed by atoms with Gasteiger partial charge in [0.25, 0.3) is 5.56 Å². The van der Waals surface area contributed by atoms with E-state index in [1.54, 1.807) is 30.7 Å². The molecule has 19 heavy (non-hydrogen) atoms. The number of rotatable bonds is 0. The van der Waals surface area contributed by atoms with Crippen molar-refractivity contribution in [2.45, 2.75) is 0 Å². The topological polar surface area (TPSA) is 50.2 Å². The van der Waals surface area contributed by atoms with Gasteiger partial charge >= 0.3 is 0 Å². The van der Waals surface area contributed by atoms with E-state index in [-0.39, 0.29) is 11.4 Å². The second-order valence-corrected chi connectivity index (χ2v) is 4.38. The Bertz CT molecular complexity index is 1000. The molecule has 0 saturated carbocycles. The highest BCUT2D eigenvalue weighted by atomic mass is 19.1. The first kappa shape index (κ1) is 10.3. The van der Waals surface area contributed by atoms with Crippen LogP contribution in [-0.2, 0) is 0 Å². The zero-order valence-corrected chi connectivity index (χ0v) is 9.72. The summed E-state index contributed by atoms with van der Waals surface area (Å²) in [6, 6.07) is 6.19. The number of nitrogens with zero attached hydrogens (tertiary/aromatic N) is 2. The first-order chi connectivity index (χ1) is 9.25. The SMILES string of the molecule is O=c1[nH]ccc2c1c1cc(F)ccc1c1nccn21. The summed E-state index contributed by atoms with van der Waals surface area (Å²) in [5.41, 5.74) is 1.20. The number of pyridine rings is 2. The Balaban J connectivity index is 2.50. The Kier molecular flexibility index (Phi) is 1.84. The maximum atomic E-state index is 13.5. The summed E-state index contributed by atoms with van der Waals surface area (Å²) >= 11 is 0. The van der Waals surface area contributed by atoms with Gasteiger partial charge in [0.05, 0.1) is 10.9 Å². The Morgan fingerprint density at radius 3 is 3.00 bits per heavy atom. The quantitative estimate of drug-likeness (QED) is 0.489. The minimum absolute atomic E-state index is 0.233. The van der Waals surface area contributed by atoms with Crippen LogP contribution in [0, 0.1) is 5.82 Å². The highest BCUT2D eigenvalue weighted by Crippen LogP contribution is 2.26. The lowest BCUT2D eigenvalue weighted by Gasteiger charge is -2.07. The van der Waals surface area contributed by atoms with Crippen molar-refractivity contribution >= 4 is 27.3 Å². The first-order valence-electron chi connectivity index (χ1n) is 5.81. The molecule has 4 nitrogen and oxygen atoms in total. The van der Waals surface area contributed by atoms with Crippen LogP contribution in [-0.4, -0.2) is 14.4 Å². The normalized spacial score (nSPS) is 11.6. The molecule has 3 heterocycles. The monoisotopic (exact) mass is 253 g/mol. The van der Waals surface area contributed by atoms with Gasteiger partial charge in [-0.2, -0.15) is 0 Å². The third-order valence-corrected chi connectivity index (χ3v) is 3.33. The largest absolute Gasteiger partial charge is 0.328 e. The molecule has 0 amide bonds. The fraction of sp³-hybridized carbons (Fsp3) is 0. The van der Waals surface area contributed by atoms with Crippen molar-refractivity contribution in [2.75, 3.05) is 0 Å². The molecule has 0 bridgehead atoms. The number of fused-ring (bicyclic) bond motifs is 6. The van der Waals surface area contributed by atoms with Crippen molar-refractivity contribution in [3.05, 3.63) is 59.0 Å². The fourth-order valence-electron chi connectivity index (χ4n) is 2.54. The van der Waals surface area contributed by atoms with Gasteiger partial charge in [-0.05, 0) is 24.3 Å². The third-order valence-electron chi connectivity index (χ3n) is 3.33. The molecule has 3 aromatic heterocycles. The highest BCUT2D eigenvalue weighted by Gasteiger charge is 2.11. The molecule has 0 aliphatic carbocycles. The Hall–Kier alpha value is -2.69. The van der Waals surface area contributed by atoms with Gasteiger partial charge in [0.15, 0.2) is 0 Å². The van der Waals surface area contributed by atoms with E-state index in [4.69, 9.17) is 0 Å². The summed E-state index contributed by atoms with van der Waals surface area (Å²) in [6.45, 7) is 0. The van der Waals surface area contributed by atoms with Crippen LogP contribution in [0.25, 0.3) is 27.3 Å². The van der Waals surface area contributed by atoms with E-state index in [9.17, 15) is 9.18 Å². The van der Waals surface area contributed by atoms with Crippen LogP contribution in [0.3, 0.4) is 0 Å². The minimum Gasteiger partial charge on any atom is -0.328 e. The number of aromatic amines is 1. The molecule has 0 atom stereocenters. The fourth-order valence-corrected chi connectivity index (χ4v) is 2.54. The molecule has 0 radical (unpaired) electrons. The van der Waals surface area contributed by atoms with Gasteiger partial charge in [0.2, 0.25) is 0 Å². The Labute approximate surface area is 106 Å². The average molecular weight is 253 g/mol. The summed E-state index contributed by atoms with van der Waals surface area (Å²) in [7, 11) is 0. The zero-order valence-electron chi connectivity index (χ0n) is 9.72. The average Bonchev–Trinajstić information content (AvgIpc) is 2.88. The Morgan fingerprint density at radius 1 is 1.21 bits per heavy atom. The molecule has 4 aromatic rings. The van der Waals surface area contributed by atoms with Gasteiger partial charge in [-0.15, -0.1) is 0 Å². The summed E-state index contributed by atoms with van der Waals surface area (Å²) in [4.78, 5) is 19.0. The second kappa shape index (κ2) is 3.41. The number of halogens is 1. The molecular weight excluding hydrogens is 245 g/mol. The second-order valence-electron chi connectivity index (χ2n) is 4.38.